The van der Waals surface area contributed by atoms with Gasteiger partial charge in [-0.05, 0) is 62.4 Å². The molecule has 6 nitrogen and oxygen atoms in total. The topological polar surface area (TPSA) is 53.1 Å². The van der Waals surface area contributed by atoms with E-state index in [0.717, 1.165) is 22.9 Å². The number of amides is 2. The fourth-order valence-corrected chi connectivity index (χ4v) is 7.13. The van der Waals surface area contributed by atoms with Crippen molar-refractivity contribution in [3.8, 4) is 0 Å². The third-order valence-corrected chi connectivity index (χ3v) is 9.63. The number of anilines is 1. The Balaban J connectivity index is 1.18. The number of para-hydroxylation sites is 1. The van der Waals surface area contributed by atoms with Gasteiger partial charge in [-0.3, -0.25) is 14.6 Å². The summed E-state index contributed by atoms with van der Waals surface area (Å²) >= 11 is 0. The first-order valence-corrected chi connectivity index (χ1v) is 15.1. The van der Waals surface area contributed by atoms with Crippen LogP contribution in [0.4, 0.5) is 19.3 Å². The van der Waals surface area contributed by atoms with Gasteiger partial charge in [-0.1, -0.05) is 54.6 Å². The van der Waals surface area contributed by atoms with E-state index in [1.165, 1.54) is 12.1 Å². The van der Waals surface area contributed by atoms with E-state index in [4.69, 9.17) is 4.74 Å². The number of piperidine rings is 1. The van der Waals surface area contributed by atoms with Crippen LogP contribution < -0.4 is 4.90 Å². The second kappa shape index (κ2) is 11.4. The maximum absolute atomic E-state index is 15.0. The second-order valence-corrected chi connectivity index (χ2v) is 13.2. The fraction of sp³-hybridized carbons (Fsp3) is 0.429. The van der Waals surface area contributed by atoms with Crippen LogP contribution in [0.2, 0.25) is 0 Å². The number of nitrogens with zero attached hydrogens (tertiary/aromatic N) is 3. The highest BCUT2D eigenvalue weighted by Crippen LogP contribution is 2.48. The van der Waals surface area contributed by atoms with E-state index in [9.17, 15) is 18.4 Å². The molecular formula is C35H39F2N3O3. The maximum Gasteiger partial charge on any atom is 0.414 e. The van der Waals surface area contributed by atoms with Crippen LogP contribution in [-0.4, -0.2) is 60.1 Å². The molecule has 2 fully saturated rings. The number of ether oxygens (including phenoxy) is 1. The SMILES string of the molecule is CC(C)(C)N1C[C@@H](C(=O)N2CCC3(CC2)CN(C(=O)OCc2ccccc2)c2ccccc23)[C@H](c2ccc(F)cc2F)C1. The molecule has 3 aromatic rings. The molecule has 3 aliphatic rings. The Morgan fingerprint density at radius 1 is 0.930 bits per heavy atom. The number of likely N-dealkylation sites (tertiary alicyclic amines) is 2. The molecule has 3 aliphatic heterocycles. The number of fused-ring (bicyclic) bond motifs is 2. The van der Waals surface area contributed by atoms with E-state index < -0.39 is 17.6 Å². The summed E-state index contributed by atoms with van der Waals surface area (Å²) in [7, 11) is 0. The molecule has 0 bridgehead atoms. The molecule has 0 aromatic heterocycles. The molecule has 3 heterocycles. The molecule has 0 saturated carbocycles. The van der Waals surface area contributed by atoms with Gasteiger partial charge in [0.2, 0.25) is 5.91 Å². The van der Waals surface area contributed by atoms with Gasteiger partial charge in [-0.25, -0.2) is 13.6 Å². The number of carbonyl (C=O) groups is 2. The second-order valence-electron chi connectivity index (χ2n) is 13.2. The van der Waals surface area contributed by atoms with Crippen LogP contribution in [0, 0.1) is 17.6 Å². The van der Waals surface area contributed by atoms with Crippen LogP contribution in [-0.2, 0) is 21.6 Å². The van der Waals surface area contributed by atoms with E-state index >= 15 is 0 Å². The van der Waals surface area contributed by atoms with Crippen molar-refractivity contribution in [3.05, 3.63) is 101 Å². The zero-order valence-corrected chi connectivity index (χ0v) is 25.1. The van der Waals surface area contributed by atoms with Crippen molar-refractivity contribution in [2.75, 3.05) is 37.6 Å². The summed E-state index contributed by atoms with van der Waals surface area (Å²) in [5.41, 5.74) is 2.85. The standard InChI is InChI=1S/C35H39F2N3O3/c1-34(2,3)39-20-27(26-14-13-25(36)19-30(26)37)28(21-39)32(41)38-17-15-35(16-18-38)23-40(31-12-8-7-11-29(31)35)33(42)43-22-24-9-5-4-6-10-24/h4-14,19,27-28H,15-18,20-23H2,1-3H3/t27-,28+/m0/s1. The number of halogens is 2. The van der Waals surface area contributed by atoms with Gasteiger partial charge in [-0.15, -0.1) is 0 Å². The summed E-state index contributed by atoms with van der Waals surface area (Å²) in [5.74, 6) is -1.98. The van der Waals surface area contributed by atoms with Crippen molar-refractivity contribution < 1.29 is 23.1 Å². The van der Waals surface area contributed by atoms with Gasteiger partial charge in [0.05, 0.1) is 11.6 Å². The van der Waals surface area contributed by atoms with Crippen LogP contribution in [0.1, 0.15) is 56.2 Å². The highest BCUT2D eigenvalue weighted by Gasteiger charge is 2.49. The first kappa shape index (κ1) is 29.3. The highest BCUT2D eigenvalue weighted by atomic mass is 19.1. The van der Waals surface area contributed by atoms with Crippen LogP contribution >= 0.6 is 0 Å². The summed E-state index contributed by atoms with van der Waals surface area (Å²) in [4.78, 5) is 33.2. The van der Waals surface area contributed by atoms with E-state index in [0.29, 0.717) is 51.1 Å². The maximum atomic E-state index is 15.0. The Bertz CT molecular complexity index is 1500. The van der Waals surface area contributed by atoms with Gasteiger partial charge in [-0.2, -0.15) is 0 Å². The molecule has 0 N–H and O–H groups in total. The van der Waals surface area contributed by atoms with E-state index in [1.54, 1.807) is 4.90 Å². The molecule has 0 unspecified atom stereocenters. The quantitative estimate of drug-likeness (QED) is 0.350. The first-order valence-electron chi connectivity index (χ1n) is 15.1. The molecule has 2 atom stereocenters. The Labute approximate surface area is 252 Å². The van der Waals surface area contributed by atoms with Crippen LogP contribution in [0.15, 0.2) is 72.8 Å². The van der Waals surface area contributed by atoms with Crippen molar-refractivity contribution in [2.24, 2.45) is 5.92 Å². The normalized spacial score (nSPS) is 21.7. The average Bonchev–Trinajstić information content (AvgIpc) is 3.58. The largest absolute Gasteiger partial charge is 0.444 e. The lowest BCUT2D eigenvalue weighted by Gasteiger charge is -2.41. The smallest absolute Gasteiger partial charge is 0.414 e. The Morgan fingerprint density at radius 3 is 2.33 bits per heavy atom. The predicted molar refractivity (Wildman–Crippen MR) is 162 cm³/mol. The summed E-state index contributed by atoms with van der Waals surface area (Å²) in [6.07, 6.45) is 1.05. The zero-order chi connectivity index (χ0) is 30.4. The van der Waals surface area contributed by atoms with E-state index in [-0.39, 0.29) is 35.5 Å². The molecule has 226 valence electrons. The minimum Gasteiger partial charge on any atom is -0.444 e. The molecule has 2 amide bonds. The molecule has 2 saturated heterocycles. The molecule has 43 heavy (non-hydrogen) atoms. The number of carbonyl (C=O) groups excluding carboxylic acids is 2. The van der Waals surface area contributed by atoms with Gasteiger partial charge in [0, 0.05) is 55.7 Å². The fourth-order valence-electron chi connectivity index (χ4n) is 7.13. The molecule has 3 aromatic carbocycles. The van der Waals surface area contributed by atoms with Crippen LogP contribution in [0.25, 0.3) is 0 Å². The Kier molecular flexibility index (Phi) is 7.75. The summed E-state index contributed by atoms with van der Waals surface area (Å²) in [6, 6.07) is 21.3. The molecule has 0 radical (unpaired) electrons. The highest BCUT2D eigenvalue weighted by molar-refractivity contribution is 5.91. The Hall–Kier alpha value is -3.78. The van der Waals surface area contributed by atoms with Crippen molar-refractivity contribution in [3.63, 3.8) is 0 Å². The molecule has 0 aliphatic carbocycles. The van der Waals surface area contributed by atoms with Gasteiger partial charge < -0.3 is 9.64 Å². The van der Waals surface area contributed by atoms with E-state index in [1.807, 2.05) is 53.4 Å². The van der Waals surface area contributed by atoms with Crippen molar-refractivity contribution >= 4 is 17.7 Å². The summed E-state index contributed by atoms with van der Waals surface area (Å²) < 4.78 is 34.4. The number of benzene rings is 3. The van der Waals surface area contributed by atoms with Crippen molar-refractivity contribution in [1.82, 2.24) is 9.80 Å². The number of hydrogen-bond acceptors (Lipinski definition) is 4. The lowest BCUT2D eigenvalue weighted by atomic mass is 9.74. The van der Waals surface area contributed by atoms with Gasteiger partial charge in [0.25, 0.3) is 0 Å². The Morgan fingerprint density at radius 2 is 1.63 bits per heavy atom. The van der Waals surface area contributed by atoms with Gasteiger partial charge in [0.1, 0.15) is 18.2 Å². The average molecular weight is 588 g/mol. The molecular weight excluding hydrogens is 548 g/mol. The number of hydrogen-bond donors (Lipinski definition) is 0. The lowest BCUT2D eigenvalue weighted by molar-refractivity contribution is -0.137. The third-order valence-electron chi connectivity index (χ3n) is 9.63. The summed E-state index contributed by atoms with van der Waals surface area (Å²) in [6.45, 7) is 9.14. The molecule has 6 rings (SSSR count). The summed E-state index contributed by atoms with van der Waals surface area (Å²) in [5, 5.41) is 0. The predicted octanol–water partition coefficient (Wildman–Crippen LogP) is 6.50. The number of rotatable bonds is 4. The zero-order valence-electron chi connectivity index (χ0n) is 25.1. The van der Waals surface area contributed by atoms with Crippen molar-refractivity contribution in [1.29, 1.82) is 0 Å². The van der Waals surface area contributed by atoms with Crippen molar-refractivity contribution in [2.45, 2.75) is 57.1 Å². The van der Waals surface area contributed by atoms with Gasteiger partial charge in [0.15, 0.2) is 0 Å². The monoisotopic (exact) mass is 587 g/mol. The minimum absolute atomic E-state index is 0.0146. The molecule has 8 heteroatoms. The minimum atomic E-state index is -0.619. The third kappa shape index (κ3) is 5.65. The van der Waals surface area contributed by atoms with Gasteiger partial charge >= 0.3 is 6.09 Å². The first-order chi connectivity index (χ1) is 20.6. The molecule has 1 spiro atoms. The lowest BCUT2D eigenvalue weighted by Crippen LogP contribution is -2.50. The van der Waals surface area contributed by atoms with Crippen LogP contribution in [0.5, 0.6) is 0 Å². The van der Waals surface area contributed by atoms with Crippen LogP contribution in [0.3, 0.4) is 0 Å². The van der Waals surface area contributed by atoms with E-state index in [2.05, 4.69) is 31.7 Å².